The van der Waals surface area contributed by atoms with E-state index in [2.05, 4.69) is 26.0 Å². The van der Waals surface area contributed by atoms with E-state index in [0.717, 1.165) is 15.8 Å². The third-order valence-electron chi connectivity index (χ3n) is 4.25. The molecule has 2 aromatic carbocycles. The van der Waals surface area contributed by atoms with Gasteiger partial charge in [-0.1, -0.05) is 59.3 Å². The van der Waals surface area contributed by atoms with E-state index in [1.165, 1.54) is 22.5 Å². The van der Waals surface area contributed by atoms with Gasteiger partial charge in [-0.25, -0.2) is 4.98 Å². The van der Waals surface area contributed by atoms with Gasteiger partial charge in [0, 0.05) is 0 Å². The fourth-order valence-electron chi connectivity index (χ4n) is 3.03. The summed E-state index contributed by atoms with van der Waals surface area (Å²) in [4.78, 5) is 20.4. The van der Waals surface area contributed by atoms with Crippen LogP contribution in [-0.4, -0.2) is 10.9 Å². The van der Waals surface area contributed by atoms with Crippen molar-refractivity contribution in [3.63, 3.8) is 0 Å². The van der Waals surface area contributed by atoms with E-state index < -0.39 is 0 Å². The van der Waals surface area contributed by atoms with Gasteiger partial charge < -0.3 is 0 Å². The Bertz CT molecular complexity index is 1120. The zero-order valence-electron chi connectivity index (χ0n) is 14.9. The summed E-state index contributed by atoms with van der Waals surface area (Å²) in [6, 6.07) is 17.7. The molecule has 0 spiro atoms. The molecule has 0 bridgehead atoms. The Morgan fingerprint density at radius 1 is 1.07 bits per heavy atom. The number of aryl methyl sites for hydroxylation is 2. The quantitative estimate of drug-likeness (QED) is 0.384. The van der Waals surface area contributed by atoms with Crippen molar-refractivity contribution < 1.29 is 4.79 Å². The Kier molecular flexibility index (Phi) is 5.00. The number of thiazole rings is 1. The maximum Gasteiger partial charge on any atom is 0.270 e. The minimum absolute atomic E-state index is 0.0795. The highest BCUT2D eigenvalue weighted by atomic mass is 35.5. The van der Waals surface area contributed by atoms with Crippen molar-refractivity contribution in [3.05, 3.63) is 80.5 Å². The van der Waals surface area contributed by atoms with Crippen LogP contribution in [-0.2, 0) is 6.54 Å². The van der Waals surface area contributed by atoms with E-state index in [9.17, 15) is 4.79 Å². The highest BCUT2D eigenvalue weighted by Crippen LogP contribution is 2.34. The fourth-order valence-corrected chi connectivity index (χ4v) is 5.04. The molecule has 0 unspecified atom stereocenters. The predicted molar refractivity (Wildman–Crippen MR) is 115 cm³/mol. The van der Waals surface area contributed by atoms with Crippen molar-refractivity contribution in [1.82, 2.24) is 4.98 Å². The Labute approximate surface area is 170 Å². The SMILES string of the molecule is Cc1cc(C)c2sc(N(Cc3ccccc3)C(=O)c3ccc(Cl)s3)nc2c1. The maximum absolute atomic E-state index is 13.2. The molecule has 0 fully saturated rings. The lowest BCUT2D eigenvalue weighted by atomic mass is 10.1. The summed E-state index contributed by atoms with van der Waals surface area (Å²) in [6.07, 6.45) is 0. The molecule has 0 saturated carbocycles. The number of amides is 1. The van der Waals surface area contributed by atoms with Crippen LogP contribution in [0.4, 0.5) is 5.13 Å². The van der Waals surface area contributed by atoms with Gasteiger partial charge in [-0.05, 0) is 48.7 Å². The van der Waals surface area contributed by atoms with Crippen LogP contribution in [0.2, 0.25) is 4.34 Å². The Morgan fingerprint density at radius 2 is 1.85 bits per heavy atom. The number of halogens is 1. The summed E-state index contributed by atoms with van der Waals surface area (Å²) in [5.41, 5.74) is 4.34. The van der Waals surface area contributed by atoms with E-state index in [0.29, 0.717) is 20.9 Å². The number of benzene rings is 2. The molecule has 0 radical (unpaired) electrons. The van der Waals surface area contributed by atoms with Crippen molar-refractivity contribution in [2.24, 2.45) is 0 Å². The molecule has 0 N–H and O–H groups in total. The van der Waals surface area contributed by atoms with Gasteiger partial charge in [0.05, 0.1) is 26.0 Å². The number of carbonyl (C=O) groups excluding carboxylic acids is 1. The van der Waals surface area contributed by atoms with Crippen LogP contribution in [0.1, 0.15) is 26.4 Å². The summed E-state index contributed by atoms with van der Waals surface area (Å²) in [6.45, 7) is 4.61. The molecule has 0 aliphatic carbocycles. The highest BCUT2D eigenvalue weighted by Gasteiger charge is 2.23. The molecule has 6 heteroatoms. The number of hydrogen-bond acceptors (Lipinski definition) is 4. The van der Waals surface area contributed by atoms with Gasteiger partial charge in [0.1, 0.15) is 0 Å². The van der Waals surface area contributed by atoms with Crippen molar-refractivity contribution in [2.45, 2.75) is 20.4 Å². The first-order chi connectivity index (χ1) is 13.0. The van der Waals surface area contributed by atoms with Crippen LogP contribution in [0.3, 0.4) is 0 Å². The van der Waals surface area contributed by atoms with E-state index in [-0.39, 0.29) is 5.91 Å². The zero-order chi connectivity index (χ0) is 19.0. The summed E-state index contributed by atoms with van der Waals surface area (Å²) < 4.78 is 1.72. The molecule has 0 aliphatic rings. The van der Waals surface area contributed by atoms with E-state index in [1.54, 1.807) is 28.4 Å². The van der Waals surface area contributed by atoms with Gasteiger partial charge in [-0.2, -0.15) is 0 Å². The third kappa shape index (κ3) is 3.76. The van der Waals surface area contributed by atoms with Crippen molar-refractivity contribution >= 4 is 55.5 Å². The first kappa shape index (κ1) is 18.2. The van der Waals surface area contributed by atoms with Gasteiger partial charge in [0.2, 0.25) is 0 Å². The van der Waals surface area contributed by atoms with E-state index in [1.807, 2.05) is 30.3 Å². The monoisotopic (exact) mass is 412 g/mol. The number of aromatic nitrogens is 1. The molecule has 27 heavy (non-hydrogen) atoms. The minimum atomic E-state index is -0.0795. The smallest absolute Gasteiger partial charge is 0.270 e. The number of rotatable bonds is 4. The fraction of sp³-hybridized carbons (Fsp3) is 0.143. The number of carbonyl (C=O) groups is 1. The Hall–Kier alpha value is -2.21. The van der Waals surface area contributed by atoms with Crippen molar-refractivity contribution in [2.75, 3.05) is 4.90 Å². The summed E-state index contributed by atoms with van der Waals surface area (Å²) in [5.74, 6) is -0.0795. The summed E-state index contributed by atoms with van der Waals surface area (Å²) in [7, 11) is 0. The standard InChI is InChI=1S/C21H17ClN2OS2/c1-13-10-14(2)19-16(11-13)23-21(27-19)24(12-15-6-4-3-5-7-15)20(25)17-8-9-18(22)26-17/h3-11H,12H2,1-2H3. The molecule has 2 heterocycles. The molecule has 0 saturated heterocycles. The summed E-state index contributed by atoms with van der Waals surface area (Å²) in [5, 5.41) is 0.706. The molecule has 0 aliphatic heterocycles. The van der Waals surface area contributed by atoms with Crippen LogP contribution in [0, 0.1) is 13.8 Å². The molecule has 4 rings (SSSR count). The number of fused-ring (bicyclic) bond motifs is 1. The van der Waals surface area contributed by atoms with Crippen LogP contribution in [0.15, 0.2) is 54.6 Å². The van der Waals surface area contributed by atoms with Crippen LogP contribution < -0.4 is 4.90 Å². The highest BCUT2D eigenvalue weighted by molar-refractivity contribution is 7.22. The average molecular weight is 413 g/mol. The predicted octanol–water partition coefficient (Wildman–Crippen LogP) is 6.48. The Balaban J connectivity index is 1.79. The van der Waals surface area contributed by atoms with Crippen LogP contribution >= 0.6 is 34.3 Å². The molecule has 2 aromatic heterocycles. The third-order valence-corrected chi connectivity index (χ3v) is 6.70. The minimum Gasteiger partial charge on any atom is -0.279 e. The molecular formula is C21H17ClN2OS2. The number of thiophene rings is 1. The van der Waals surface area contributed by atoms with E-state index in [4.69, 9.17) is 16.6 Å². The number of nitrogens with zero attached hydrogens (tertiary/aromatic N) is 2. The van der Waals surface area contributed by atoms with Crippen LogP contribution in [0.25, 0.3) is 10.2 Å². The summed E-state index contributed by atoms with van der Waals surface area (Å²) >= 11 is 8.90. The second-order valence-electron chi connectivity index (χ2n) is 6.41. The lowest BCUT2D eigenvalue weighted by Crippen LogP contribution is -2.29. The zero-order valence-corrected chi connectivity index (χ0v) is 17.3. The largest absolute Gasteiger partial charge is 0.279 e. The lowest BCUT2D eigenvalue weighted by molar-refractivity contribution is 0.0989. The van der Waals surface area contributed by atoms with E-state index >= 15 is 0 Å². The maximum atomic E-state index is 13.2. The van der Waals surface area contributed by atoms with Gasteiger partial charge in [-0.3, -0.25) is 9.69 Å². The molecule has 136 valence electrons. The van der Waals surface area contributed by atoms with Crippen molar-refractivity contribution in [3.8, 4) is 0 Å². The lowest BCUT2D eigenvalue weighted by Gasteiger charge is -2.19. The first-order valence-electron chi connectivity index (χ1n) is 8.50. The van der Waals surface area contributed by atoms with Gasteiger partial charge in [0.25, 0.3) is 5.91 Å². The second-order valence-corrected chi connectivity index (χ2v) is 9.10. The van der Waals surface area contributed by atoms with Gasteiger partial charge >= 0.3 is 0 Å². The first-order valence-corrected chi connectivity index (χ1v) is 10.5. The van der Waals surface area contributed by atoms with Crippen LogP contribution in [0.5, 0.6) is 0 Å². The molecule has 4 aromatic rings. The molecule has 3 nitrogen and oxygen atoms in total. The van der Waals surface area contributed by atoms with Crippen molar-refractivity contribution in [1.29, 1.82) is 0 Å². The molecule has 0 atom stereocenters. The molecule has 1 amide bonds. The molecular weight excluding hydrogens is 396 g/mol. The Morgan fingerprint density at radius 3 is 2.56 bits per heavy atom. The number of hydrogen-bond donors (Lipinski definition) is 0. The topological polar surface area (TPSA) is 33.2 Å². The normalized spacial score (nSPS) is 11.1. The average Bonchev–Trinajstić information content (AvgIpc) is 3.26. The van der Waals surface area contributed by atoms with Gasteiger partial charge in [0.15, 0.2) is 5.13 Å². The number of anilines is 1. The van der Waals surface area contributed by atoms with Gasteiger partial charge in [-0.15, -0.1) is 11.3 Å². The second kappa shape index (κ2) is 7.43.